The van der Waals surface area contributed by atoms with E-state index in [0.29, 0.717) is 18.7 Å². The third-order valence-corrected chi connectivity index (χ3v) is 5.99. The van der Waals surface area contributed by atoms with Gasteiger partial charge in [0.15, 0.2) is 0 Å². The van der Waals surface area contributed by atoms with Crippen LogP contribution in [0.15, 0.2) is 42.5 Å². The Morgan fingerprint density at radius 3 is 2.73 bits per heavy atom. The van der Waals surface area contributed by atoms with Gasteiger partial charge in [-0.25, -0.2) is 0 Å². The van der Waals surface area contributed by atoms with Gasteiger partial charge in [-0.05, 0) is 49.7 Å². The summed E-state index contributed by atoms with van der Waals surface area (Å²) in [5.74, 6) is 0.806. The van der Waals surface area contributed by atoms with Crippen LogP contribution >= 0.6 is 0 Å². The minimum atomic E-state index is -0.531. The van der Waals surface area contributed by atoms with Gasteiger partial charge in [0.05, 0.1) is 32.8 Å². The predicted octanol–water partition coefficient (Wildman–Crippen LogP) is 0.976. The number of rotatable bonds is 5. The highest BCUT2D eigenvalue weighted by Crippen LogP contribution is 2.25. The minimum absolute atomic E-state index is 0.00951. The lowest BCUT2D eigenvalue weighted by Gasteiger charge is -2.33. The average molecular weight is 409 g/mol. The van der Waals surface area contributed by atoms with Crippen LogP contribution in [0.1, 0.15) is 34.0 Å². The van der Waals surface area contributed by atoms with Crippen LogP contribution in [0.2, 0.25) is 0 Å². The first-order chi connectivity index (χ1) is 14.5. The van der Waals surface area contributed by atoms with E-state index >= 15 is 0 Å². The van der Waals surface area contributed by atoms with E-state index in [1.165, 1.54) is 16.0 Å². The largest absolute Gasteiger partial charge is 0.493 e. The molecule has 2 aliphatic rings. The van der Waals surface area contributed by atoms with Crippen LogP contribution in [-0.4, -0.2) is 55.5 Å². The zero-order chi connectivity index (χ0) is 21.1. The fraction of sp³-hybridized carbons (Fsp3) is 0.417. The van der Waals surface area contributed by atoms with E-state index < -0.39 is 6.04 Å². The average Bonchev–Trinajstić information content (AvgIpc) is 3.21. The second kappa shape index (κ2) is 8.88. The molecule has 1 fully saturated rings. The second-order valence-electron chi connectivity index (χ2n) is 8.36. The molecule has 0 radical (unpaired) electrons. The maximum Gasteiger partial charge on any atom is 0.251 e. The topological polar surface area (TPSA) is 63.1 Å². The number of carbonyl (C=O) groups excluding carboxylic acids is 2. The molecule has 0 aliphatic carbocycles. The third kappa shape index (κ3) is 4.65. The van der Waals surface area contributed by atoms with Gasteiger partial charge in [0, 0.05) is 17.5 Å². The quantitative estimate of drug-likeness (QED) is 0.775. The SMILES string of the molecule is Cc1cccc(C(=O)N[C@@H](C)C(=O)N2CC[NH+](Cc3ccc4c(c3)CCO4)CC2)c1. The number of aryl methyl sites for hydroxylation is 1. The van der Waals surface area contributed by atoms with Crippen molar-refractivity contribution in [3.8, 4) is 5.75 Å². The van der Waals surface area contributed by atoms with Crippen molar-refractivity contribution >= 4 is 11.8 Å². The number of hydrogen-bond acceptors (Lipinski definition) is 3. The van der Waals surface area contributed by atoms with Crippen molar-refractivity contribution < 1.29 is 19.2 Å². The smallest absolute Gasteiger partial charge is 0.251 e. The molecule has 0 saturated carbocycles. The summed E-state index contributed by atoms with van der Waals surface area (Å²) in [6.07, 6.45) is 0.993. The highest BCUT2D eigenvalue weighted by atomic mass is 16.5. The van der Waals surface area contributed by atoms with E-state index in [1.54, 1.807) is 13.0 Å². The standard InChI is InChI=1S/C24H29N3O3/c1-17-4-3-5-21(14-17)23(28)25-18(2)24(29)27-11-9-26(10-12-27)16-19-6-7-22-20(15-19)8-13-30-22/h3-7,14-15,18H,8-13,16H2,1-2H3,(H,25,28)/p+1/t18-/m0/s1. The monoisotopic (exact) mass is 408 g/mol. The number of amides is 2. The fourth-order valence-corrected chi connectivity index (χ4v) is 4.26. The van der Waals surface area contributed by atoms with Crippen LogP contribution in [0, 0.1) is 6.92 Å². The highest BCUT2D eigenvalue weighted by molar-refractivity contribution is 5.97. The van der Waals surface area contributed by atoms with Gasteiger partial charge in [-0.3, -0.25) is 9.59 Å². The van der Waals surface area contributed by atoms with Gasteiger partial charge < -0.3 is 19.9 Å². The number of carbonyl (C=O) groups is 2. The molecule has 2 heterocycles. The molecule has 1 atom stereocenters. The van der Waals surface area contributed by atoms with Crippen LogP contribution in [0.5, 0.6) is 5.75 Å². The van der Waals surface area contributed by atoms with E-state index in [2.05, 4.69) is 23.5 Å². The van der Waals surface area contributed by atoms with Gasteiger partial charge in [0.25, 0.3) is 5.91 Å². The third-order valence-electron chi connectivity index (χ3n) is 5.99. The molecule has 1 saturated heterocycles. The fourth-order valence-electron chi connectivity index (χ4n) is 4.26. The van der Waals surface area contributed by atoms with Gasteiger partial charge in [-0.2, -0.15) is 0 Å². The zero-order valence-electron chi connectivity index (χ0n) is 17.7. The molecule has 2 N–H and O–H groups in total. The maximum absolute atomic E-state index is 12.8. The van der Waals surface area contributed by atoms with Crippen LogP contribution in [-0.2, 0) is 17.8 Å². The molecule has 2 aromatic rings. The molecule has 2 amide bonds. The van der Waals surface area contributed by atoms with Gasteiger partial charge in [-0.15, -0.1) is 0 Å². The highest BCUT2D eigenvalue weighted by Gasteiger charge is 2.28. The Labute approximate surface area is 177 Å². The molecule has 6 nitrogen and oxygen atoms in total. The van der Waals surface area contributed by atoms with Crippen LogP contribution in [0.3, 0.4) is 0 Å². The van der Waals surface area contributed by atoms with Crippen molar-refractivity contribution in [2.24, 2.45) is 0 Å². The van der Waals surface area contributed by atoms with Crippen LogP contribution < -0.4 is 15.0 Å². The Kier molecular flexibility index (Phi) is 6.04. The summed E-state index contributed by atoms with van der Waals surface area (Å²) in [5.41, 5.74) is 4.24. The number of piperazine rings is 1. The Hall–Kier alpha value is -2.86. The maximum atomic E-state index is 12.8. The molecule has 4 rings (SSSR count). The molecular formula is C24H30N3O3+. The number of hydrogen-bond donors (Lipinski definition) is 2. The van der Waals surface area contributed by atoms with Crippen molar-refractivity contribution in [3.05, 3.63) is 64.7 Å². The molecular weight excluding hydrogens is 378 g/mol. The molecule has 6 heteroatoms. The normalized spacial score (nSPS) is 17.2. The number of benzene rings is 2. The number of nitrogens with zero attached hydrogens (tertiary/aromatic N) is 1. The van der Waals surface area contributed by atoms with Crippen LogP contribution in [0.4, 0.5) is 0 Å². The summed E-state index contributed by atoms with van der Waals surface area (Å²) >= 11 is 0. The van der Waals surface area contributed by atoms with Gasteiger partial charge in [0.2, 0.25) is 5.91 Å². The first-order valence-corrected chi connectivity index (χ1v) is 10.7. The molecule has 30 heavy (non-hydrogen) atoms. The van der Waals surface area contributed by atoms with E-state index in [-0.39, 0.29) is 11.8 Å². The minimum Gasteiger partial charge on any atom is -0.493 e. The Morgan fingerprint density at radius 2 is 1.97 bits per heavy atom. The summed E-state index contributed by atoms with van der Waals surface area (Å²) in [7, 11) is 0. The van der Waals surface area contributed by atoms with Crippen molar-refractivity contribution in [1.82, 2.24) is 10.2 Å². The predicted molar refractivity (Wildman–Crippen MR) is 115 cm³/mol. The van der Waals surface area contributed by atoms with Crippen molar-refractivity contribution in [2.45, 2.75) is 32.9 Å². The van der Waals surface area contributed by atoms with Gasteiger partial charge in [0.1, 0.15) is 18.3 Å². The molecule has 2 aliphatic heterocycles. The Bertz CT molecular complexity index is 935. The first-order valence-electron chi connectivity index (χ1n) is 10.7. The Morgan fingerprint density at radius 1 is 1.17 bits per heavy atom. The lowest BCUT2D eigenvalue weighted by molar-refractivity contribution is -0.917. The summed E-state index contributed by atoms with van der Waals surface area (Å²) in [5, 5.41) is 2.85. The van der Waals surface area contributed by atoms with E-state index in [0.717, 1.165) is 44.0 Å². The van der Waals surface area contributed by atoms with Gasteiger partial charge >= 0.3 is 0 Å². The van der Waals surface area contributed by atoms with Crippen LogP contribution in [0.25, 0.3) is 0 Å². The summed E-state index contributed by atoms with van der Waals surface area (Å²) in [4.78, 5) is 28.6. The Balaban J connectivity index is 1.27. The summed E-state index contributed by atoms with van der Waals surface area (Å²) in [6, 6.07) is 13.4. The summed E-state index contributed by atoms with van der Waals surface area (Å²) < 4.78 is 5.59. The van der Waals surface area contributed by atoms with E-state index in [4.69, 9.17) is 4.74 Å². The van der Waals surface area contributed by atoms with Crippen molar-refractivity contribution in [3.63, 3.8) is 0 Å². The lowest BCUT2D eigenvalue weighted by atomic mass is 10.1. The van der Waals surface area contributed by atoms with E-state index in [1.807, 2.05) is 30.0 Å². The molecule has 0 unspecified atom stereocenters. The molecule has 0 bridgehead atoms. The zero-order valence-corrected chi connectivity index (χ0v) is 17.7. The van der Waals surface area contributed by atoms with Crippen molar-refractivity contribution in [1.29, 1.82) is 0 Å². The number of ether oxygens (including phenoxy) is 1. The molecule has 0 spiro atoms. The number of quaternary nitrogens is 1. The first kappa shape index (κ1) is 20.4. The van der Waals surface area contributed by atoms with Gasteiger partial charge in [-0.1, -0.05) is 17.7 Å². The second-order valence-corrected chi connectivity index (χ2v) is 8.36. The molecule has 158 valence electrons. The molecule has 2 aromatic carbocycles. The molecule has 0 aromatic heterocycles. The lowest BCUT2D eigenvalue weighted by Crippen LogP contribution is -3.13. The summed E-state index contributed by atoms with van der Waals surface area (Å²) in [6.45, 7) is 8.72. The van der Waals surface area contributed by atoms with Crippen molar-refractivity contribution in [2.75, 3.05) is 32.8 Å². The number of fused-ring (bicyclic) bond motifs is 1. The van der Waals surface area contributed by atoms with E-state index in [9.17, 15) is 9.59 Å². The number of nitrogens with one attached hydrogen (secondary N) is 2.